The Kier molecular flexibility index (Phi) is 4.89. The summed E-state index contributed by atoms with van der Waals surface area (Å²) in [7, 11) is 0. The van der Waals surface area contributed by atoms with Crippen molar-refractivity contribution in [3.63, 3.8) is 0 Å². The molecule has 0 aromatic carbocycles. The summed E-state index contributed by atoms with van der Waals surface area (Å²) >= 11 is 3.00. The smallest absolute Gasteiger partial charge is 0.321 e. The number of aromatic nitrogens is 2. The highest BCUT2D eigenvalue weighted by molar-refractivity contribution is 7.98. The summed E-state index contributed by atoms with van der Waals surface area (Å²) in [5.74, 6) is 0.0655. The van der Waals surface area contributed by atoms with Gasteiger partial charge in [-0.25, -0.2) is 4.98 Å². The number of nitrogens with two attached hydrogens (primary N) is 1. The van der Waals surface area contributed by atoms with E-state index in [4.69, 9.17) is 10.8 Å². The Bertz CT molecular complexity index is 545. The SMILES string of the molecule is N[C@@H](CSCc1csc(-c2ccccn2)n1)C(=O)O. The quantitative estimate of drug-likeness (QED) is 0.845. The van der Waals surface area contributed by atoms with Gasteiger partial charge in [-0.1, -0.05) is 6.07 Å². The number of thioether (sulfide) groups is 1. The van der Waals surface area contributed by atoms with Crippen LogP contribution in [-0.4, -0.2) is 32.8 Å². The number of hydrogen-bond donors (Lipinski definition) is 2. The van der Waals surface area contributed by atoms with Crippen LogP contribution in [0.5, 0.6) is 0 Å². The normalized spacial score (nSPS) is 12.3. The van der Waals surface area contributed by atoms with Gasteiger partial charge in [0.15, 0.2) is 0 Å². The second kappa shape index (κ2) is 6.65. The second-order valence-electron chi connectivity index (χ2n) is 3.82. The van der Waals surface area contributed by atoms with Crippen molar-refractivity contribution in [1.82, 2.24) is 9.97 Å². The van der Waals surface area contributed by atoms with Crippen molar-refractivity contribution < 1.29 is 9.90 Å². The van der Waals surface area contributed by atoms with E-state index in [1.807, 2.05) is 23.6 Å². The highest BCUT2D eigenvalue weighted by atomic mass is 32.2. The lowest BCUT2D eigenvalue weighted by Crippen LogP contribution is -2.32. The van der Waals surface area contributed by atoms with E-state index in [-0.39, 0.29) is 0 Å². The summed E-state index contributed by atoms with van der Waals surface area (Å²) in [4.78, 5) is 19.3. The number of aliphatic carboxylic acids is 1. The van der Waals surface area contributed by atoms with Crippen molar-refractivity contribution in [2.24, 2.45) is 5.73 Å². The molecular formula is C12H13N3O2S2. The summed E-state index contributed by atoms with van der Waals surface area (Å²) < 4.78 is 0. The second-order valence-corrected chi connectivity index (χ2v) is 5.71. The van der Waals surface area contributed by atoms with Crippen LogP contribution in [0.25, 0.3) is 10.7 Å². The van der Waals surface area contributed by atoms with Crippen molar-refractivity contribution >= 4 is 29.1 Å². The largest absolute Gasteiger partial charge is 0.480 e. The average molecular weight is 295 g/mol. The Hall–Kier alpha value is -1.44. The Morgan fingerprint density at radius 1 is 1.53 bits per heavy atom. The van der Waals surface area contributed by atoms with Gasteiger partial charge in [0.25, 0.3) is 0 Å². The van der Waals surface area contributed by atoms with Crippen molar-refractivity contribution in [1.29, 1.82) is 0 Å². The van der Waals surface area contributed by atoms with Gasteiger partial charge < -0.3 is 10.8 Å². The first-order valence-corrected chi connectivity index (χ1v) is 7.62. The first-order valence-electron chi connectivity index (χ1n) is 5.59. The summed E-state index contributed by atoms with van der Waals surface area (Å²) in [5, 5.41) is 11.5. The van der Waals surface area contributed by atoms with Crippen LogP contribution in [0.2, 0.25) is 0 Å². The van der Waals surface area contributed by atoms with Crippen molar-refractivity contribution in [3.05, 3.63) is 35.5 Å². The van der Waals surface area contributed by atoms with E-state index in [1.165, 1.54) is 23.1 Å². The van der Waals surface area contributed by atoms with Crippen molar-refractivity contribution in [2.75, 3.05) is 5.75 Å². The molecule has 3 N–H and O–H groups in total. The molecule has 2 rings (SSSR count). The van der Waals surface area contributed by atoms with Crippen LogP contribution in [0.3, 0.4) is 0 Å². The highest BCUT2D eigenvalue weighted by Gasteiger charge is 2.12. The number of carboxylic acids is 1. The van der Waals surface area contributed by atoms with E-state index >= 15 is 0 Å². The van der Waals surface area contributed by atoms with Gasteiger partial charge in [0.05, 0.1) is 11.4 Å². The predicted octanol–water partition coefficient (Wildman–Crippen LogP) is 1.85. The van der Waals surface area contributed by atoms with Gasteiger partial charge in [-0.15, -0.1) is 11.3 Å². The van der Waals surface area contributed by atoms with Gasteiger partial charge >= 0.3 is 5.97 Å². The third kappa shape index (κ3) is 4.02. The van der Waals surface area contributed by atoms with Crippen LogP contribution in [0.4, 0.5) is 0 Å². The molecule has 7 heteroatoms. The Labute approximate surface area is 118 Å². The zero-order chi connectivity index (χ0) is 13.7. The maximum atomic E-state index is 10.6. The van der Waals surface area contributed by atoms with Crippen LogP contribution in [0.15, 0.2) is 29.8 Å². The molecule has 0 amide bonds. The molecule has 0 saturated carbocycles. The molecule has 0 spiro atoms. The number of hydrogen-bond acceptors (Lipinski definition) is 6. The minimum absolute atomic E-state index is 0.381. The van der Waals surface area contributed by atoms with Gasteiger partial charge in [-0.3, -0.25) is 9.78 Å². The average Bonchev–Trinajstić information content (AvgIpc) is 2.88. The molecule has 0 fully saturated rings. The summed E-state index contributed by atoms with van der Waals surface area (Å²) in [6.45, 7) is 0. The monoisotopic (exact) mass is 295 g/mol. The van der Waals surface area contributed by atoms with Crippen molar-refractivity contribution in [3.8, 4) is 10.7 Å². The molecule has 0 radical (unpaired) electrons. The zero-order valence-electron chi connectivity index (χ0n) is 10.0. The first-order chi connectivity index (χ1) is 9.16. The summed E-state index contributed by atoms with van der Waals surface area (Å²) in [5.41, 5.74) is 7.21. The number of thiazole rings is 1. The minimum Gasteiger partial charge on any atom is -0.480 e. The lowest BCUT2D eigenvalue weighted by molar-refractivity contribution is -0.137. The van der Waals surface area contributed by atoms with Crippen LogP contribution in [0.1, 0.15) is 5.69 Å². The number of nitrogens with zero attached hydrogens (tertiary/aromatic N) is 2. The maximum Gasteiger partial charge on any atom is 0.321 e. The standard InChI is InChI=1S/C12H13N3O2S2/c13-9(12(16)17)7-18-5-8-6-19-11(15-8)10-3-1-2-4-14-10/h1-4,6,9H,5,7,13H2,(H,16,17)/t9-/m0/s1. The van der Waals surface area contributed by atoms with E-state index in [2.05, 4.69) is 9.97 Å². The molecule has 1 atom stereocenters. The van der Waals surface area contributed by atoms with Crippen LogP contribution in [-0.2, 0) is 10.5 Å². The van der Waals surface area contributed by atoms with Crippen LogP contribution < -0.4 is 5.73 Å². The Balaban J connectivity index is 1.90. The van der Waals surface area contributed by atoms with Gasteiger partial charge in [0, 0.05) is 23.1 Å². The Morgan fingerprint density at radius 3 is 3.05 bits per heavy atom. The fourth-order valence-electron chi connectivity index (χ4n) is 1.34. The van der Waals surface area contributed by atoms with Gasteiger partial charge in [-0.2, -0.15) is 11.8 Å². The number of rotatable bonds is 6. The molecule has 0 unspecified atom stereocenters. The Morgan fingerprint density at radius 2 is 2.37 bits per heavy atom. The molecule has 100 valence electrons. The first kappa shape index (κ1) is 14.0. The lowest BCUT2D eigenvalue weighted by atomic mass is 10.4. The molecule has 0 saturated heterocycles. The predicted molar refractivity (Wildman–Crippen MR) is 77.1 cm³/mol. The number of carboxylic acid groups (broad SMARTS) is 1. The fourth-order valence-corrected chi connectivity index (χ4v) is 3.11. The zero-order valence-corrected chi connectivity index (χ0v) is 11.7. The summed E-state index contributed by atoms with van der Waals surface area (Å²) in [6, 6.07) is 4.88. The third-order valence-corrected chi connectivity index (χ3v) is 4.31. The van der Waals surface area contributed by atoms with Crippen LogP contribution >= 0.6 is 23.1 Å². The molecular weight excluding hydrogens is 282 g/mol. The molecule has 2 aromatic rings. The third-order valence-electron chi connectivity index (χ3n) is 2.30. The highest BCUT2D eigenvalue weighted by Crippen LogP contribution is 2.23. The molecule has 2 heterocycles. The number of carbonyl (C=O) groups is 1. The molecule has 0 bridgehead atoms. The topological polar surface area (TPSA) is 89.1 Å². The van der Waals surface area contributed by atoms with E-state index in [1.54, 1.807) is 6.20 Å². The molecule has 5 nitrogen and oxygen atoms in total. The molecule has 0 aliphatic rings. The molecule has 2 aromatic heterocycles. The fraction of sp³-hybridized carbons (Fsp3) is 0.250. The molecule has 0 aliphatic carbocycles. The molecule has 19 heavy (non-hydrogen) atoms. The van der Waals surface area contributed by atoms with Crippen LogP contribution in [0, 0.1) is 0 Å². The van der Waals surface area contributed by atoms with E-state index in [0.29, 0.717) is 11.5 Å². The van der Waals surface area contributed by atoms with E-state index in [9.17, 15) is 4.79 Å². The van der Waals surface area contributed by atoms with Gasteiger partial charge in [0.2, 0.25) is 0 Å². The van der Waals surface area contributed by atoms with Gasteiger partial charge in [0.1, 0.15) is 11.0 Å². The molecule has 0 aliphatic heterocycles. The number of pyridine rings is 1. The summed E-state index contributed by atoms with van der Waals surface area (Å²) in [6.07, 6.45) is 1.73. The van der Waals surface area contributed by atoms with E-state index in [0.717, 1.165) is 16.4 Å². The maximum absolute atomic E-state index is 10.6. The van der Waals surface area contributed by atoms with Gasteiger partial charge in [-0.05, 0) is 12.1 Å². The minimum atomic E-state index is -0.972. The van der Waals surface area contributed by atoms with Crippen molar-refractivity contribution in [2.45, 2.75) is 11.8 Å². The van der Waals surface area contributed by atoms with E-state index < -0.39 is 12.0 Å². The lowest BCUT2D eigenvalue weighted by Gasteiger charge is -2.04.